The van der Waals surface area contributed by atoms with E-state index in [1.54, 1.807) is 0 Å². The van der Waals surface area contributed by atoms with Crippen LogP contribution in [0.5, 0.6) is 0 Å². The minimum Gasteiger partial charge on any atom is -0.383 e. The van der Waals surface area contributed by atoms with Crippen LogP contribution in [0.3, 0.4) is 0 Å². The van der Waals surface area contributed by atoms with E-state index in [0.29, 0.717) is 0 Å². The Balaban J connectivity index is 2.89. The Labute approximate surface area is 92.9 Å². The summed E-state index contributed by atoms with van der Waals surface area (Å²) in [5.74, 6) is 0. The van der Waals surface area contributed by atoms with Gasteiger partial charge in [0.2, 0.25) is 0 Å². The quantitative estimate of drug-likeness (QED) is 0.777. The molecule has 2 heteroatoms. The smallest absolute Gasteiger partial charge is 0.0405 e. The van der Waals surface area contributed by atoms with Gasteiger partial charge in [-0.05, 0) is 30.9 Å². The van der Waals surface area contributed by atoms with Crippen LogP contribution in [0, 0.1) is 0 Å². The van der Waals surface area contributed by atoms with Crippen LogP contribution in [-0.4, -0.2) is 12.6 Å². The third kappa shape index (κ3) is 3.24. The molecule has 0 aromatic heterocycles. The summed E-state index contributed by atoms with van der Waals surface area (Å²) in [6.45, 7) is 7.23. The largest absolute Gasteiger partial charge is 0.383 e. The molecule has 1 aromatic carbocycles. The lowest BCUT2D eigenvalue weighted by atomic mass is 10.0. The zero-order valence-electron chi connectivity index (χ0n) is 10.0. The number of rotatable bonds is 5. The molecular weight excluding hydrogens is 184 g/mol. The van der Waals surface area contributed by atoms with Gasteiger partial charge in [0.05, 0.1) is 0 Å². The van der Waals surface area contributed by atoms with E-state index in [9.17, 15) is 0 Å². The SMILES string of the molecule is CCc1cccc(CC)c1NCC(C)N. The zero-order chi connectivity index (χ0) is 11.3. The van der Waals surface area contributed by atoms with Gasteiger partial charge in [-0.2, -0.15) is 0 Å². The summed E-state index contributed by atoms with van der Waals surface area (Å²) in [5, 5.41) is 3.46. The summed E-state index contributed by atoms with van der Waals surface area (Å²) in [7, 11) is 0. The molecular formula is C13H22N2. The molecule has 1 unspecified atom stereocenters. The summed E-state index contributed by atoms with van der Waals surface area (Å²) >= 11 is 0. The third-order valence-electron chi connectivity index (χ3n) is 2.60. The number of benzene rings is 1. The molecule has 0 bridgehead atoms. The van der Waals surface area contributed by atoms with Crippen molar-refractivity contribution in [1.82, 2.24) is 0 Å². The summed E-state index contributed by atoms with van der Waals surface area (Å²) in [5.41, 5.74) is 9.82. The molecule has 15 heavy (non-hydrogen) atoms. The number of nitrogens with one attached hydrogen (secondary N) is 1. The fraction of sp³-hybridized carbons (Fsp3) is 0.538. The summed E-state index contributed by atoms with van der Waals surface area (Å²) in [6.07, 6.45) is 2.13. The minimum absolute atomic E-state index is 0.194. The third-order valence-corrected chi connectivity index (χ3v) is 2.60. The van der Waals surface area contributed by atoms with Crippen LogP contribution in [0.25, 0.3) is 0 Å². The van der Waals surface area contributed by atoms with Gasteiger partial charge < -0.3 is 11.1 Å². The van der Waals surface area contributed by atoms with Gasteiger partial charge >= 0.3 is 0 Å². The first-order chi connectivity index (χ1) is 7.19. The van der Waals surface area contributed by atoms with Crippen molar-refractivity contribution in [2.45, 2.75) is 39.7 Å². The second-order valence-corrected chi connectivity index (χ2v) is 4.02. The summed E-state index contributed by atoms with van der Waals surface area (Å²) in [4.78, 5) is 0. The molecule has 3 N–H and O–H groups in total. The summed E-state index contributed by atoms with van der Waals surface area (Å²) in [6, 6.07) is 6.69. The van der Waals surface area contributed by atoms with Crippen LogP contribution in [0.1, 0.15) is 31.9 Å². The van der Waals surface area contributed by atoms with Crippen molar-refractivity contribution < 1.29 is 0 Å². The Morgan fingerprint density at radius 1 is 1.20 bits per heavy atom. The first-order valence-corrected chi connectivity index (χ1v) is 5.79. The van der Waals surface area contributed by atoms with Crippen molar-refractivity contribution in [3.8, 4) is 0 Å². The second-order valence-electron chi connectivity index (χ2n) is 4.02. The van der Waals surface area contributed by atoms with E-state index in [-0.39, 0.29) is 6.04 Å². The molecule has 1 rings (SSSR count). The Hall–Kier alpha value is -1.02. The first-order valence-electron chi connectivity index (χ1n) is 5.79. The van der Waals surface area contributed by atoms with Crippen molar-refractivity contribution >= 4 is 5.69 Å². The van der Waals surface area contributed by atoms with Gasteiger partial charge in [-0.3, -0.25) is 0 Å². The van der Waals surface area contributed by atoms with Crippen molar-refractivity contribution in [2.24, 2.45) is 5.73 Å². The highest BCUT2D eigenvalue weighted by molar-refractivity contribution is 5.57. The number of hydrogen-bond donors (Lipinski definition) is 2. The number of aryl methyl sites for hydroxylation is 2. The summed E-state index contributed by atoms with van der Waals surface area (Å²) < 4.78 is 0. The molecule has 0 aliphatic rings. The molecule has 1 aromatic rings. The molecule has 0 spiro atoms. The molecule has 1 atom stereocenters. The Bertz CT molecular complexity index is 283. The van der Waals surface area contributed by atoms with Crippen LogP contribution in [-0.2, 0) is 12.8 Å². The second kappa shape index (κ2) is 5.76. The van der Waals surface area contributed by atoms with Gasteiger partial charge in [-0.25, -0.2) is 0 Å². The molecule has 84 valence electrons. The minimum atomic E-state index is 0.194. The van der Waals surface area contributed by atoms with E-state index in [0.717, 1.165) is 19.4 Å². The van der Waals surface area contributed by atoms with Crippen molar-refractivity contribution in [3.63, 3.8) is 0 Å². The maximum atomic E-state index is 5.76. The highest BCUT2D eigenvalue weighted by Crippen LogP contribution is 2.22. The Morgan fingerprint density at radius 3 is 2.13 bits per heavy atom. The molecule has 2 nitrogen and oxygen atoms in total. The molecule has 0 saturated heterocycles. The normalized spacial score (nSPS) is 12.5. The lowest BCUT2D eigenvalue weighted by Crippen LogP contribution is -2.26. The Kier molecular flexibility index (Phi) is 4.63. The fourth-order valence-electron chi connectivity index (χ4n) is 1.73. The lowest BCUT2D eigenvalue weighted by molar-refractivity contribution is 0.777. The predicted octanol–water partition coefficient (Wildman–Crippen LogP) is 2.57. The number of para-hydroxylation sites is 1. The molecule has 0 aliphatic heterocycles. The van der Waals surface area contributed by atoms with Gasteiger partial charge in [-0.15, -0.1) is 0 Å². The predicted molar refractivity (Wildman–Crippen MR) is 67.3 cm³/mol. The average molecular weight is 206 g/mol. The van der Waals surface area contributed by atoms with E-state index in [4.69, 9.17) is 5.73 Å². The van der Waals surface area contributed by atoms with Gasteiger partial charge in [0.25, 0.3) is 0 Å². The standard InChI is InChI=1S/C13H22N2/c1-4-11-7-6-8-12(5-2)13(11)15-9-10(3)14/h6-8,10,15H,4-5,9,14H2,1-3H3. The van der Waals surface area contributed by atoms with E-state index >= 15 is 0 Å². The van der Waals surface area contributed by atoms with Crippen molar-refractivity contribution in [3.05, 3.63) is 29.3 Å². The molecule has 0 aliphatic carbocycles. The monoisotopic (exact) mass is 206 g/mol. The first kappa shape index (κ1) is 12.1. The van der Waals surface area contributed by atoms with Crippen molar-refractivity contribution in [1.29, 1.82) is 0 Å². The van der Waals surface area contributed by atoms with Gasteiger partial charge in [0.1, 0.15) is 0 Å². The highest BCUT2D eigenvalue weighted by atomic mass is 14.9. The van der Waals surface area contributed by atoms with Crippen LogP contribution in [0.15, 0.2) is 18.2 Å². The van der Waals surface area contributed by atoms with Crippen LogP contribution < -0.4 is 11.1 Å². The molecule has 0 saturated carbocycles. The molecule has 0 heterocycles. The van der Waals surface area contributed by atoms with E-state index in [1.165, 1.54) is 16.8 Å². The van der Waals surface area contributed by atoms with E-state index < -0.39 is 0 Å². The maximum absolute atomic E-state index is 5.76. The molecule has 0 fully saturated rings. The lowest BCUT2D eigenvalue weighted by Gasteiger charge is -2.16. The number of nitrogens with two attached hydrogens (primary N) is 1. The van der Waals surface area contributed by atoms with Gasteiger partial charge in [-0.1, -0.05) is 32.0 Å². The van der Waals surface area contributed by atoms with Crippen LogP contribution in [0.4, 0.5) is 5.69 Å². The maximum Gasteiger partial charge on any atom is 0.0405 e. The highest BCUT2D eigenvalue weighted by Gasteiger charge is 2.05. The van der Waals surface area contributed by atoms with E-state index in [2.05, 4.69) is 37.4 Å². The van der Waals surface area contributed by atoms with Gasteiger partial charge in [0.15, 0.2) is 0 Å². The fourth-order valence-corrected chi connectivity index (χ4v) is 1.73. The Morgan fingerprint density at radius 2 is 1.73 bits per heavy atom. The molecule has 0 amide bonds. The topological polar surface area (TPSA) is 38.0 Å². The van der Waals surface area contributed by atoms with Crippen LogP contribution >= 0.6 is 0 Å². The van der Waals surface area contributed by atoms with E-state index in [1.807, 2.05) is 6.92 Å². The van der Waals surface area contributed by atoms with Crippen molar-refractivity contribution in [2.75, 3.05) is 11.9 Å². The zero-order valence-corrected chi connectivity index (χ0v) is 10.0. The number of hydrogen-bond acceptors (Lipinski definition) is 2. The van der Waals surface area contributed by atoms with Crippen LogP contribution in [0.2, 0.25) is 0 Å². The molecule has 0 radical (unpaired) electrons. The average Bonchev–Trinajstić information content (AvgIpc) is 2.25. The van der Waals surface area contributed by atoms with Gasteiger partial charge in [0, 0.05) is 18.3 Å². The number of anilines is 1.